The Hall–Kier alpha value is -1.76. The number of benzene rings is 2. The number of hydrogen-bond acceptors (Lipinski definition) is 5. The molecule has 3 rings (SSSR count). The van der Waals surface area contributed by atoms with Gasteiger partial charge in [0.05, 0.1) is 5.75 Å². The van der Waals surface area contributed by atoms with Crippen molar-refractivity contribution in [1.29, 1.82) is 0 Å². The molecule has 0 spiro atoms. The molecule has 0 aliphatic rings. The number of aromatic nitrogens is 1. The molecular formula is C19H18N2OS3. The fraction of sp³-hybridized carbons (Fsp3) is 0.158. The predicted molar refractivity (Wildman–Crippen MR) is 111 cm³/mol. The van der Waals surface area contributed by atoms with Gasteiger partial charge in [0.2, 0.25) is 5.91 Å². The van der Waals surface area contributed by atoms with Gasteiger partial charge in [0.15, 0.2) is 4.34 Å². The number of carbonyl (C=O) groups excluding carboxylic acids is 1. The number of carbonyl (C=O) groups is 1. The van der Waals surface area contributed by atoms with Gasteiger partial charge >= 0.3 is 0 Å². The van der Waals surface area contributed by atoms with E-state index in [1.807, 2.05) is 54.8 Å². The number of amides is 1. The van der Waals surface area contributed by atoms with Crippen LogP contribution in [0.4, 0.5) is 5.00 Å². The number of nitrogens with one attached hydrogen (secondary N) is 1. The second-order valence-electron chi connectivity index (χ2n) is 5.25. The second kappa shape index (κ2) is 9.08. The van der Waals surface area contributed by atoms with Crippen LogP contribution in [0, 0.1) is 0 Å². The minimum Gasteiger partial charge on any atom is -0.315 e. The quantitative estimate of drug-likeness (QED) is 0.552. The normalized spacial score (nSPS) is 10.6. The number of hydrogen-bond donors (Lipinski definition) is 1. The van der Waals surface area contributed by atoms with E-state index in [9.17, 15) is 4.79 Å². The topological polar surface area (TPSA) is 42.0 Å². The van der Waals surface area contributed by atoms with E-state index in [2.05, 4.69) is 22.4 Å². The first kappa shape index (κ1) is 18.0. The maximum Gasteiger partial charge on any atom is 0.235 e. The maximum absolute atomic E-state index is 12.3. The lowest BCUT2D eigenvalue weighted by molar-refractivity contribution is -0.113. The molecule has 0 saturated heterocycles. The summed E-state index contributed by atoms with van der Waals surface area (Å²) in [4.78, 5) is 17.0. The van der Waals surface area contributed by atoms with Gasteiger partial charge in [-0.05, 0) is 11.8 Å². The molecule has 1 amide bonds. The Kier molecular flexibility index (Phi) is 6.55. The number of anilines is 1. The van der Waals surface area contributed by atoms with Gasteiger partial charge in [-0.3, -0.25) is 4.79 Å². The Bertz CT molecular complexity index is 819. The molecule has 0 unspecified atom stereocenters. The lowest BCUT2D eigenvalue weighted by atomic mass is 10.2. The van der Waals surface area contributed by atoms with Gasteiger partial charge in [0.1, 0.15) is 10.7 Å². The van der Waals surface area contributed by atoms with Crippen molar-refractivity contribution < 1.29 is 4.79 Å². The summed E-state index contributed by atoms with van der Waals surface area (Å²) in [5, 5.41) is 3.85. The van der Waals surface area contributed by atoms with Gasteiger partial charge in [-0.25, -0.2) is 4.98 Å². The summed E-state index contributed by atoms with van der Waals surface area (Å²) in [6.07, 6.45) is 1.99. The molecule has 0 fully saturated rings. The first-order chi connectivity index (χ1) is 12.3. The van der Waals surface area contributed by atoms with E-state index < -0.39 is 0 Å². The first-order valence-electron chi connectivity index (χ1n) is 7.78. The third kappa shape index (κ3) is 5.11. The summed E-state index contributed by atoms with van der Waals surface area (Å²) < 4.78 is 0.950. The van der Waals surface area contributed by atoms with Gasteiger partial charge < -0.3 is 5.32 Å². The Balaban J connectivity index is 1.63. The molecule has 3 aromatic rings. The third-order valence-corrected chi connectivity index (χ3v) is 6.39. The molecule has 1 aromatic heterocycles. The van der Waals surface area contributed by atoms with Crippen LogP contribution in [-0.4, -0.2) is 22.9 Å². The van der Waals surface area contributed by atoms with Gasteiger partial charge in [-0.2, -0.15) is 0 Å². The minimum atomic E-state index is 0.00872. The number of nitrogens with zero attached hydrogens (tertiary/aromatic N) is 1. The van der Waals surface area contributed by atoms with Crippen LogP contribution < -0.4 is 5.32 Å². The zero-order chi connectivity index (χ0) is 17.5. The predicted octanol–water partition coefficient (Wildman–Crippen LogP) is 5.40. The van der Waals surface area contributed by atoms with Crippen molar-refractivity contribution in [3.63, 3.8) is 0 Å². The van der Waals surface area contributed by atoms with E-state index in [4.69, 9.17) is 0 Å². The van der Waals surface area contributed by atoms with E-state index >= 15 is 0 Å². The summed E-state index contributed by atoms with van der Waals surface area (Å²) in [6, 6.07) is 20.1. The van der Waals surface area contributed by atoms with Crippen molar-refractivity contribution in [3.05, 3.63) is 66.2 Å². The monoisotopic (exact) mass is 386 g/mol. The Morgan fingerprint density at radius 1 is 1.08 bits per heavy atom. The van der Waals surface area contributed by atoms with Crippen LogP contribution in [0.15, 0.2) is 65.0 Å². The molecule has 0 aliphatic heterocycles. The van der Waals surface area contributed by atoms with Crippen LogP contribution in [0.1, 0.15) is 5.56 Å². The summed E-state index contributed by atoms with van der Waals surface area (Å²) in [7, 11) is 0. The molecule has 128 valence electrons. The molecule has 0 radical (unpaired) electrons. The molecule has 0 atom stereocenters. The third-order valence-electron chi connectivity index (χ3n) is 3.43. The van der Waals surface area contributed by atoms with Crippen LogP contribution in [0.5, 0.6) is 0 Å². The fourth-order valence-electron chi connectivity index (χ4n) is 2.26. The van der Waals surface area contributed by atoms with E-state index in [0.717, 1.165) is 26.4 Å². The average molecular weight is 387 g/mol. The summed E-state index contributed by atoms with van der Waals surface area (Å²) >= 11 is 4.73. The highest BCUT2D eigenvalue weighted by Gasteiger charge is 2.15. The Labute approximate surface area is 160 Å². The van der Waals surface area contributed by atoms with Crippen molar-refractivity contribution in [1.82, 2.24) is 4.98 Å². The second-order valence-corrected chi connectivity index (χ2v) is 8.29. The molecule has 1 heterocycles. The molecule has 1 N–H and O–H groups in total. The number of rotatable bonds is 7. The molecule has 3 nitrogen and oxygen atoms in total. The lowest BCUT2D eigenvalue weighted by Gasteiger charge is -2.05. The van der Waals surface area contributed by atoms with Crippen LogP contribution in [0.25, 0.3) is 11.3 Å². The Morgan fingerprint density at radius 2 is 1.76 bits per heavy atom. The van der Waals surface area contributed by atoms with Gasteiger partial charge in [0, 0.05) is 11.3 Å². The molecule has 2 aromatic carbocycles. The summed E-state index contributed by atoms with van der Waals surface area (Å²) in [5.74, 6) is 1.27. The van der Waals surface area contributed by atoms with Crippen LogP contribution in [-0.2, 0) is 10.5 Å². The highest BCUT2D eigenvalue weighted by molar-refractivity contribution is 8.00. The Morgan fingerprint density at radius 3 is 2.44 bits per heavy atom. The maximum atomic E-state index is 12.3. The van der Waals surface area contributed by atoms with Crippen molar-refractivity contribution in [2.45, 2.75) is 10.1 Å². The SMILES string of the molecule is CSc1nc(-c2ccccc2)c(NC(=O)CSCc2ccccc2)s1. The molecule has 6 heteroatoms. The highest BCUT2D eigenvalue weighted by Crippen LogP contribution is 2.36. The zero-order valence-corrected chi connectivity index (χ0v) is 16.2. The molecular weight excluding hydrogens is 368 g/mol. The van der Waals surface area contributed by atoms with Crippen molar-refractivity contribution in [2.24, 2.45) is 0 Å². The zero-order valence-electron chi connectivity index (χ0n) is 13.8. The molecule has 0 bridgehead atoms. The van der Waals surface area contributed by atoms with E-state index in [-0.39, 0.29) is 5.91 Å². The summed E-state index contributed by atoms with van der Waals surface area (Å²) in [6.45, 7) is 0. The average Bonchev–Trinajstić information content (AvgIpc) is 3.06. The first-order valence-corrected chi connectivity index (χ1v) is 11.0. The molecule has 25 heavy (non-hydrogen) atoms. The van der Waals surface area contributed by atoms with Crippen LogP contribution >= 0.6 is 34.9 Å². The molecule has 0 aliphatic carbocycles. The molecule has 0 saturated carbocycles. The summed E-state index contributed by atoms with van der Waals surface area (Å²) in [5.41, 5.74) is 3.09. The lowest BCUT2D eigenvalue weighted by Crippen LogP contribution is -2.13. The van der Waals surface area contributed by atoms with Gasteiger partial charge in [-0.15, -0.1) is 11.8 Å². The smallest absolute Gasteiger partial charge is 0.235 e. The number of thioether (sulfide) groups is 2. The highest BCUT2D eigenvalue weighted by atomic mass is 32.2. The van der Waals surface area contributed by atoms with Crippen LogP contribution in [0.3, 0.4) is 0 Å². The fourth-order valence-corrected chi connectivity index (χ4v) is 4.55. The van der Waals surface area contributed by atoms with E-state index in [0.29, 0.717) is 5.75 Å². The largest absolute Gasteiger partial charge is 0.315 e. The standard InChI is InChI=1S/C19H18N2OS3/c1-23-19-21-17(15-10-6-3-7-11-15)18(25-19)20-16(22)13-24-12-14-8-4-2-5-9-14/h2-11H,12-13H2,1H3,(H,20,22). The van der Waals surface area contributed by atoms with Gasteiger partial charge in [-0.1, -0.05) is 83.8 Å². The van der Waals surface area contributed by atoms with Crippen molar-refractivity contribution >= 4 is 45.8 Å². The minimum absolute atomic E-state index is 0.00872. The van der Waals surface area contributed by atoms with E-state index in [1.165, 1.54) is 16.9 Å². The number of thiazole rings is 1. The van der Waals surface area contributed by atoms with Gasteiger partial charge in [0.25, 0.3) is 0 Å². The van der Waals surface area contributed by atoms with Crippen molar-refractivity contribution in [3.8, 4) is 11.3 Å². The van der Waals surface area contributed by atoms with E-state index in [1.54, 1.807) is 23.5 Å². The van der Waals surface area contributed by atoms with Crippen LogP contribution in [0.2, 0.25) is 0 Å². The van der Waals surface area contributed by atoms with Crippen molar-refractivity contribution in [2.75, 3.05) is 17.3 Å².